The van der Waals surface area contributed by atoms with Gasteiger partial charge in [0.05, 0.1) is 5.75 Å². The van der Waals surface area contributed by atoms with Gasteiger partial charge in [-0.15, -0.1) is 0 Å². The SMILES string of the molecule is C[S@@](=O)Cc1ccccc1NC(=O)C1CC=CC1. The molecule has 0 aromatic heterocycles. The molecule has 2 rings (SSSR count). The molecule has 0 radical (unpaired) electrons. The number of allylic oxidation sites excluding steroid dienone is 2. The van der Waals surface area contributed by atoms with Gasteiger partial charge in [-0.25, -0.2) is 0 Å². The predicted molar refractivity (Wildman–Crippen MR) is 74.7 cm³/mol. The molecule has 96 valence electrons. The van der Waals surface area contributed by atoms with Crippen molar-refractivity contribution in [2.75, 3.05) is 11.6 Å². The first-order valence-corrected chi connectivity index (χ1v) is 7.73. The van der Waals surface area contributed by atoms with Gasteiger partial charge in [-0.1, -0.05) is 30.4 Å². The Morgan fingerprint density at radius 2 is 2.00 bits per heavy atom. The maximum atomic E-state index is 12.0. The van der Waals surface area contributed by atoms with Gasteiger partial charge >= 0.3 is 0 Å². The second-order valence-corrected chi connectivity index (χ2v) is 5.94. The quantitative estimate of drug-likeness (QED) is 0.848. The van der Waals surface area contributed by atoms with Gasteiger partial charge in [0.2, 0.25) is 5.91 Å². The molecule has 1 aromatic rings. The number of para-hydroxylation sites is 1. The fourth-order valence-corrected chi connectivity index (χ4v) is 2.74. The number of rotatable bonds is 4. The van der Waals surface area contributed by atoms with Crippen molar-refractivity contribution < 1.29 is 9.00 Å². The van der Waals surface area contributed by atoms with Crippen LogP contribution in [-0.4, -0.2) is 16.4 Å². The van der Waals surface area contributed by atoms with Gasteiger partial charge in [0.1, 0.15) is 0 Å². The van der Waals surface area contributed by atoms with Crippen LogP contribution in [0, 0.1) is 5.92 Å². The molecule has 0 heterocycles. The summed E-state index contributed by atoms with van der Waals surface area (Å²) >= 11 is 0. The van der Waals surface area contributed by atoms with E-state index in [1.54, 1.807) is 6.26 Å². The first-order chi connectivity index (χ1) is 8.66. The second kappa shape index (κ2) is 5.96. The Bertz CT molecular complexity index is 488. The number of carbonyl (C=O) groups is 1. The minimum absolute atomic E-state index is 0.0465. The van der Waals surface area contributed by atoms with E-state index < -0.39 is 10.8 Å². The fourth-order valence-electron chi connectivity index (χ4n) is 2.05. The lowest BCUT2D eigenvalue weighted by molar-refractivity contribution is -0.119. The van der Waals surface area contributed by atoms with Crippen LogP contribution < -0.4 is 5.32 Å². The number of benzene rings is 1. The van der Waals surface area contributed by atoms with Gasteiger partial charge in [-0.3, -0.25) is 9.00 Å². The van der Waals surface area contributed by atoms with Crippen molar-refractivity contribution in [2.45, 2.75) is 18.6 Å². The van der Waals surface area contributed by atoms with Crippen LogP contribution in [-0.2, 0) is 21.3 Å². The van der Waals surface area contributed by atoms with Crippen LogP contribution >= 0.6 is 0 Å². The van der Waals surface area contributed by atoms with Gasteiger partial charge in [-0.05, 0) is 24.5 Å². The van der Waals surface area contributed by atoms with Gasteiger partial charge in [-0.2, -0.15) is 0 Å². The maximum absolute atomic E-state index is 12.0. The smallest absolute Gasteiger partial charge is 0.228 e. The minimum Gasteiger partial charge on any atom is -0.326 e. The summed E-state index contributed by atoms with van der Waals surface area (Å²) < 4.78 is 11.3. The van der Waals surface area contributed by atoms with E-state index in [2.05, 4.69) is 5.32 Å². The molecule has 1 atom stereocenters. The van der Waals surface area contributed by atoms with E-state index in [4.69, 9.17) is 0 Å². The average molecular weight is 263 g/mol. The lowest BCUT2D eigenvalue weighted by Gasteiger charge is -2.13. The van der Waals surface area contributed by atoms with Crippen molar-refractivity contribution >= 4 is 22.4 Å². The zero-order chi connectivity index (χ0) is 13.0. The summed E-state index contributed by atoms with van der Waals surface area (Å²) in [6, 6.07) is 7.55. The van der Waals surface area contributed by atoms with E-state index in [1.807, 2.05) is 36.4 Å². The highest BCUT2D eigenvalue weighted by atomic mass is 32.2. The zero-order valence-electron chi connectivity index (χ0n) is 10.4. The summed E-state index contributed by atoms with van der Waals surface area (Å²) in [5.74, 6) is 0.568. The number of anilines is 1. The van der Waals surface area contributed by atoms with Gasteiger partial charge in [0.25, 0.3) is 0 Å². The highest BCUT2D eigenvalue weighted by molar-refractivity contribution is 7.83. The number of hydrogen-bond donors (Lipinski definition) is 1. The Labute approximate surface area is 110 Å². The van der Waals surface area contributed by atoms with Crippen molar-refractivity contribution in [3.05, 3.63) is 42.0 Å². The first kappa shape index (κ1) is 13.0. The van der Waals surface area contributed by atoms with E-state index >= 15 is 0 Å². The molecule has 0 aliphatic heterocycles. The third kappa shape index (κ3) is 3.29. The summed E-state index contributed by atoms with van der Waals surface area (Å²) in [4.78, 5) is 12.0. The average Bonchev–Trinajstić information content (AvgIpc) is 2.84. The van der Waals surface area contributed by atoms with E-state index in [9.17, 15) is 9.00 Å². The van der Waals surface area contributed by atoms with Crippen molar-refractivity contribution in [1.29, 1.82) is 0 Å². The summed E-state index contributed by atoms with van der Waals surface area (Å²) in [5, 5.41) is 2.94. The van der Waals surface area contributed by atoms with Crippen LogP contribution in [0.2, 0.25) is 0 Å². The van der Waals surface area contributed by atoms with Crippen LogP contribution in [0.15, 0.2) is 36.4 Å². The molecular formula is C14H17NO2S. The molecule has 3 nitrogen and oxygen atoms in total. The molecule has 1 aliphatic rings. The van der Waals surface area contributed by atoms with Crippen LogP contribution in [0.3, 0.4) is 0 Å². The van der Waals surface area contributed by atoms with Crippen molar-refractivity contribution in [1.82, 2.24) is 0 Å². The van der Waals surface area contributed by atoms with E-state index in [-0.39, 0.29) is 11.8 Å². The summed E-state index contributed by atoms with van der Waals surface area (Å²) in [5.41, 5.74) is 1.71. The van der Waals surface area contributed by atoms with Crippen LogP contribution in [0.1, 0.15) is 18.4 Å². The monoisotopic (exact) mass is 263 g/mol. The molecule has 0 saturated carbocycles. The van der Waals surface area contributed by atoms with E-state index in [1.165, 1.54) is 0 Å². The lowest BCUT2D eigenvalue weighted by atomic mass is 10.1. The first-order valence-electron chi connectivity index (χ1n) is 6.00. The van der Waals surface area contributed by atoms with Gasteiger partial charge < -0.3 is 5.32 Å². The summed E-state index contributed by atoms with van der Waals surface area (Å²) in [7, 11) is -0.907. The Kier molecular flexibility index (Phi) is 4.31. The molecule has 1 N–H and O–H groups in total. The van der Waals surface area contributed by atoms with E-state index in [0.717, 1.165) is 24.1 Å². The lowest BCUT2D eigenvalue weighted by Crippen LogP contribution is -2.21. The molecule has 0 spiro atoms. The predicted octanol–water partition coefficient (Wildman–Crippen LogP) is 2.47. The summed E-state index contributed by atoms with van der Waals surface area (Å²) in [6.45, 7) is 0. The zero-order valence-corrected chi connectivity index (χ0v) is 11.2. The third-order valence-corrected chi connectivity index (χ3v) is 3.73. The highest BCUT2D eigenvalue weighted by Gasteiger charge is 2.19. The van der Waals surface area contributed by atoms with Crippen LogP contribution in [0.5, 0.6) is 0 Å². The van der Waals surface area contributed by atoms with Gasteiger partial charge in [0, 0.05) is 28.7 Å². The number of hydrogen-bond acceptors (Lipinski definition) is 2. The minimum atomic E-state index is -0.907. The van der Waals surface area contributed by atoms with Crippen molar-refractivity contribution in [3.8, 4) is 0 Å². The Hall–Kier alpha value is -1.42. The molecular weight excluding hydrogens is 246 g/mol. The molecule has 0 bridgehead atoms. The normalized spacial score (nSPS) is 16.7. The third-order valence-electron chi connectivity index (χ3n) is 3.01. The van der Waals surface area contributed by atoms with Gasteiger partial charge in [0.15, 0.2) is 0 Å². The van der Waals surface area contributed by atoms with Crippen molar-refractivity contribution in [2.24, 2.45) is 5.92 Å². The van der Waals surface area contributed by atoms with Crippen LogP contribution in [0.25, 0.3) is 0 Å². The standard InChI is InChI=1S/C14H17NO2S/c1-18(17)10-12-8-4-5-9-13(12)15-14(16)11-6-2-3-7-11/h2-5,8-9,11H,6-7,10H2,1H3,(H,15,16)/t18-/m1/s1. The second-order valence-electron chi connectivity index (χ2n) is 4.50. The highest BCUT2D eigenvalue weighted by Crippen LogP contribution is 2.22. The number of amides is 1. The molecule has 1 amide bonds. The Morgan fingerprint density at radius 3 is 2.67 bits per heavy atom. The van der Waals surface area contributed by atoms with Crippen LogP contribution in [0.4, 0.5) is 5.69 Å². The molecule has 1 aliphatic carbocycles. The molecule has 0 saturated heterocycles. The Morgan fingerprint density at radius 1 is 1.33 bits per heavy atom. The molecule has 1 aromatic carbocycles. The number of nitrogens with one attached hydrogen (secondary N) is 1. The largest absolute Gasteiger partial charge is 0.326 e. The number of carbonyl (C=O) groups excluding carboxylic acids is 1. The topological polar surface area (TPSA) is 46.2 Å². The van der Waals surface area contributed by atoms with E-state index in [0.29, 0.717) is 5.75 Å². The molecule has 0 fully saturated rings. The fraction of sp³-hybridized carbons (Fsp3) is 0.357. The van der Waals surface area contributed by atoms with Crippen molar-refractivity contribution in [3.63, 3.8) is 0 Å². The molecule has 0 unspecified atom stereocenters. The Balaban J connectivity index is 2.08. The molecule has 18 heavy (non-hydrogen) atoms. The molecule has 4 heteroatoms. The summed E-state index contributed by atoms with van der Waals surface area (Å²) in [6.07, 6.45) is 7.37. The maximum Gasteiger partial charge on any atom is 0.228 e.